The molecular formula is C20H13ClN2O5. The van der Waals surface area contributed by atoms with Crippen LogP contribution >= 0.6 is 11.6 Å². The first-order chi connectivity index (χ1) is 13.4. The molecule has 1 heterocycles. The number of aliphatic imine (C=N–C) groups is 1. The Hall–Kier alpha value is -3.71. The summed E-state index contributed by atoms with van der Waals surface area (Å²) in [5, 5.41) is 19.6. The number of carboxylic acid groups (broad SMARTS) is 1. The van der Waals surface area contributed by atoms with E-state index in [2.05, 4.69) is 9.98 Å². The Morgan fingerprint density at radius 1 is 1.11 bits per heavy atom. The van der Waals surface area contributed by atoms with Crippen molar-refractivity contribution in [3.05, 3.63) is 82.6 Å². The van der Waals surface area contributed by atoms with E-state index in [0.717, 1.165) is 0 Å². The number of aromatic nitrogens is 1. The number of aromatic carboxylic acids is 1. The molecule has 0 aliphatic rings. The van der Waals surface area contributed by atoms with Gasteiger partial charge in [0.05, 0.1) is 16.8 Å². The lowest BCUT2D eigenvalue weighted by Gasteiger charge is -2.09. The molecule has 1 aromatic heterocycles. The standard InChI is InChI=1S/C20H13ClN2O5/c21-15-7-14(11-23-16-5-1-3-12(8-16)19(25)26)18(24)17(9-15)28-20(27)13-4-2-6-22-10-13/h1-11,24H,(H,25,26). The molecule has 0 unspecified atom stereocenters. The SMILES string of the molecule is O=C(O)c1cccc(N=Cc2cc(Cl)cc(OC(=O)c3cccnc3)c2O)c1. The number of halogens is 1. The Balaban J connectivity index is 1.88. The molecule has 0 bridgehead atoms. The number of hydrogen-bond acceptors (Lipinski definition) is 6. The second-order valence-electron chi connectivity index (χ2n) is 5.59. The summed E-state index contributed by atoms with van der Waals surface area (Å²) in [6, 6.07) is 11.8. The minimum atomic E-state index is -1.08. The van der Waals surface area contributed by atoms with Crippen molar-refractivity contribution in [2.45, 2.75) is 0 Å². The summed E-state index contributed by atoms with van der Waals surface area (Å²) in [6.45, 7) is 0. The number of esters is 1. The van der Waals surface area contributed by atoms with E-state index in [1.165, 1.54) is 48.9 Å². The molecule has 28 heavy (non-hydrogen) atoms. The summed E-state index contributed by atoms with van der Waals surface area (Å²) in [4.78, 5) is 31.2. The molecule has 3 rings (SSSR count). The molecule has 0 aliphatic carbocycles. The first-order valence-electron chi connectivity index (χ1n) is 7.96. The van der Waals surface area contributed by atoms with E-state index in [4.69, 9.17) is 21.4 Å². The van der Waals surface area contributed by atoms with Crippen LogP contribution in [0.25, 0.3) is 0 Å². The van der Waals surface area contributed by atoms with E-state index in [1.54, 1.807) is 18.2 Å². The summed E-state index contributed by atoms with van der Waals surface area (Å²) >= 11 is 6.05. The summed E-state index contributed by atoms with van der Waals surface area (Å²) in [6.07, 6.45) is 4.15. The molecule has 0 fully saturated rings. The van der Waals surface area contributed by atoms with Crippen LogP contribution in [-0.4, -0.2) is 33.4 Å². The van der Waals surface area contributed by atoms with Gasteiger partial charge in [-0.1, -0.05) is 17.7 Å². The number of rotatable bonds is 5. The second-order valence-corrected chi connectivity index (χ2v) is 6.02. The van der Waals surface area contributed by atoms with Crippen LogP contribution in [0.5, 0.6) is 11.5 Å². The maximum absolute atomic E-state index is 12.2. The van der Waals surface area contributed by atoms with Gasteiger partial charge in [0.1, 0.15) is 0 Å². The molecule has 8 heteroatoms. The normalized spacial score (nSPS) is 10.8. The number of carbonyl (C=O) groups is 2. The number of phenols is 1. The van der Waals surface area contributed by atoms with Crippen LogP contribution in [-0.2, 0) is 0 Å². The number of hydrogen-bond donors (Lipinski definition) is 2. The smallest absolute Gasteiger partial charge is 0.345 e. The van der Waals surface area contributed by atoms with Crippen LogP contribution in [0, 0.1) is 0 Å². The fourth-order valence-electron chi connectivity index (χ4n) is 2.28. The van der Waals surface area contributed by atoms with Gasteiger partial charge < -0.3 is 14.9 Å². The predicted molar refractivity (Wildman–Crippen MR) is 103 cm³/mol. The number of carbonyl (C=O) groups excluding carboxylic acids is 1. The van der Waals surface area contributed by atoms with Crippen molar-refractivity contribution in [3.8, 4) is 11.5 Å². The van der Waals surface area contributed by atoms with Gasteiger partial charge in [0.2, 0.25) is 0 Å². The number of ether oxygens (including phenoxy) is 1. The minimum Gasteiger partial charge on any atom is -0.504 e. The van der Waals surface area contributed by atoms with Crippen molar-refractivity contribution in [2.24, 2.45) is 4.99 Å². The highest BCUT2D eigenvalue weighted by atomic mass is 35.5. The fourth-order valence-corrected chi connectivity index (χ4v) is 2.49. The highest BCUT2D eigenvalue weighted by Crippen LogP contribution is 2.33. The molecular weight excluding hydrogens is 384 g/mol. The van der Waals surface area contributed by atoms with Gasteiger partial charge in [-0.2, -0.15) is 0 Å². The summed E-state index contributed by atoms with van der Waals surface area (Å²) < 4.78 is 5.20. The molecule has 140 valence electrons. The van der Waals surface area contributed by atoms with Crippen molar-refractivity contribution in [1.29, 1.82) is 0 Å². The Morgan fingerprint density at radius 3 is 2.61 bits per heavy atom. The molecule has 2 N–H and O–H groups in total. The lowest BCUT2D eigenvalue weighted by Crippen LogP contribution is -2.09. The Kier molecular flexibility index (Phi) is 5.67. The number of phenolic OH excluding ortho intramolecular Hbond substituents is 1. The minimum absolute atomic E-state index is 0.0797. The number of pyridine rings is 1. The Labute approximate surface area is 164 Å². The lowest BCUT2D eigenvalue weighted by atomic mass is 10.2. The quantitative estimate of drug-likeness (QED) is 0.381. The molecule has 0 spiro atoms. The molecule has 0 saturated carbocycles. The van der Waals surface area contributed by atoms with Gasteiger partial charge in [-0.25, -0.2) is 9.59 Å². The van der Waals surface area contributed by atoms with Crippen LogP contribution in [0.3, 0.4) is 0 Å². The van der Waals surface area contributed by atoms with E-state index >= 15 is 0 Å². The van der Waals surface area contributed by atoms with Gasteiger partial charge in [0.25, 0.3) is 0 Å². The molecule has 0 saturated heterocycles. The molecule has 2 aromatic carbocycles. The highest BCUT2D eigenvalue weighted by molar-refractivity contribution is 6.31. The van der Waals surface area contributed by atoms with E-state index in [1.807, 2.05) is 0 Å². The van der Waals surface area contributed by atoms with Gasteiger partial charge in [0, 0.05) is 35.3 Å². The van der Waals surface area contributed by atoms with Crippen LogP contribution < -0.4 is 4.74 Å². The maximum atomic E-state index is 12.2. The third kappa shape index (κ3) is 4.52. The van der Waals surface area contributed by atoms with Crippen molar-refractivity contribution >= 4 is 35.4 Å². The van der Waals surface area contributed by atoms with Crippen LogP contribution in [0.15, 0.2) is 65.9 Å². The zero-order valence-corrected chi connectivity index (χ0v) is 15.0. The Morgan fingerprint density at radius 2 is 1.89 bits per heavy atom. The summed E-state index contributed by atoms with van der Waals surface area (Å²) in [5.74, 6) is -2.25. The van der Waals surface area contributed by atoms with E-state index in [9.17, 15) is 14.7 Å². The third-order valence-corrected chi connectivity index (χ3v) is 3.83. The van der Waals surface area contributed by atoms with Gasteiger partial charge in [-0.3, -0.25) is 9.98 Å². The zero-order valence-electron chi connectivity index (χ0n) is 14.2. The fraction of sp³-hybridized carbons (Fsp3) is 0. The molecule has 7 nitrogen and oxygen atoms in total. The van der Waals surface area contributed by atoms with Crippen LogP contribution in [0.1, 0.15) is 26.3 Å². The first-order valence-corrected chi connectivity index (χ1v) is 8.34. The van der Waals surface area contributed by atoms with Gasteiger partial charge in [0.15, 0.2) is 11.5 Å². The van der Waals surface area contributed by atoms with Crippen LogP contribution in [0.2, 0.25) is 5.02 Å². The first kappa shape index (κ1) is 19.1. The van der Waals surface area contributed by atoms with Gasteiger partial charge in [-0.05, 0) is 36.4 Å². The van der Waals surface area contributed by atoms with Gasteiger partial charge in [-0.15, -0.1) is 0 Å². The van der Waals surface area contributed by atoms with Crippen LogP contribution in [0.4, 0.5) is 5.69 Å². The molecule has 0 atom stereocenters. The average Bonchev–Trinajstić information content (AvgIpc) is 2.70. The van der Waals surface area contributed by atoms with E-state index in [0.29, 0.717) is 5.69 Å². The largest absolute Gasteiger partial charge is 0.504 e. The van der Waals surface area contributed by atoms with Crippen molar-refractivity contribution < 1.29 is 24.5 Å². The predicted octanol–water partition coefficient (Wildman–Crippen LogP) is 4.11. The van der Waals surface area contributed by atoms with Crippen molar-refractivity contribution in [2.75, 3.05) is 0 Å². The average molecular weight is 397 g/mol. The Bertz CT molecular complexity index is 1070. The topological polar surface area (TPSA) is 109 Å². The summed E-state index contributed by atoms with van der Waals surface area (Å²) in [5.41, 5.74) is 0.856. The lowest BCUT2D eigenvalue weighted by molar-refractivity contribution is 0.0694. The second kappa shape index (κ2) is 8.32. The molecule has 0 radical (unpaired) electrons. The number of carboxylic acids is 1. The maximum Gasteiger partial charge on any atom is 0.345 e. The van der Waals surface area contributed by atoms with E-state index < -0.39 is 11.9 Å². The molecule has 0 amide bonds. The summed E-state index contributed by atoms with van der Waals surface area (Å²) in [7, 11) is 0. The van der Waals surface area contributed by atoms with Crippen molar-refractivity contribution in [3.63, 3.8) is 0 Å². The highest BCUT2D eigenvalue weighted by Gasteiger charge is 2.15. The number of aromatic hydroxyl groups is 1. The van der Waals surface area contributed by atoms with Crippen molar-refractivity contribution in [1.82, 2.24) is 4.98 Å². The molecule has 0 aliphatic heterocycles. The number of nitrogens with zero attached hydrogens (tertiary/aromatic N) is 2. The zero-order chi connectivity index (χ0) is 20.1. The molecule has 3 aromatic rings. The third-order valence-electron chi connectivity index (χ3n) is 3.61. The van der Waals surface area contributed by atoms with Gasteiger partial charge >= 0.3 is 11.9 Å². The monoisotopic (exact) mass is 396 g/mol. The number of benzene rings is 2. The van der Waals surface area contributed by atoms with E-state index in [-0.39, 0.29) is 33.2 Å².